The second-order valence-electron chi connectivity index (χ2n) is 4.84. The van der Waals surface area contributed by atoms with Crippen molar-refractivity contribution in [2.24, 2.45) is 0 Å². The minimum Gasteiger partial charge on any atom is -0.296 e. The van der Waals surface area contributed by atoms with E-state index in [9.17, 15) is 13.2 Å². The molecule has 1 N–H and O–H groups in total. The van der Waals surface area contributed by atoms with E-state index in [1.54, 1.807) is 23.9 Å². The molecule has 1 heterocycles. The van der Waals surface area contributed by atoms with Gasteiger partial charge in [-0.3, -0.25) is 5.32 Å². The van der Waals surface area contributed by atoms with Gasteiger partial charge in [0.15, 0.2) is 0 Å². The maximum absolute atomic E-state index is 12.4. The second kappa shape index (κ2) is 4.21. The van der Waals surface area contributed by atoms with E-state index >= 15 is 0 Å². The van der Waals surface area contributed by atoms with Gasteiger partial charge in [0.25, 0.3) is 0 Å². The third-order valence-electron chi connectivity index (χ3n) is 2.67. The molecule has 94 valence electrons. The molecule has 1 fully saturated rings. The summed E-state index contributed by atoms with van der Waals surface area (Å²) < 4.78 is 37.2. The van der Waals surface area contributed by atoms with Crippen molar-refractivity contribution < 1.29 is 13.2 Å². The predicted molar refractivity (Wildman–Crippen MR) is 63.9 cm³/mol. The monoisotopic (exact) mass is 261 g/mol. The van der Waals surface area contributed by atoms with Crippen molar-refractivity contribution in [2.45, 2.75) is 30.9 Å². The van der Waals surface area contributed by atoms with Crippen molar-refractivity contribution in [3.63, 3.8) is 0 Å². The van der Waals surface area contributed by atoms with Crippen molar-refractivity contribution >= 4 is 11.8 Å². The molecule has 1 aliphatic rings. The summed E-state index contributed by atoms with van der Waals surface area (Å²) in [6.45, 7) is 4.17. The number of alkyl halides is 3. The molecule has 0 spiro atoms. The van der Waals surface area contributed by atoms with Gasteiger partial charge in [0.1, 0.15) is 0 Å². The van der Waals surface area contributed by atoms with Gasteiger partial charge in [-0.05, 0) is 31.5 Å². The summed E-state index contributed by atoms with van der Waals surface area (Å²) in [5.74, 6) is 0.957. The van der Waals surface area contributed by atoms with Crippen LogP contribution < -0.4 is 5.32 Å². The van der Waals surface area contributed by atoms with Gasteiger partial charge in [0.05, 0.1) is 10.9 Å². The van der Waals surface area contributed by atoms with Crippen LogP contribution in [-0.4, -0.2) is 11.3 Å². The van der Waals surface area contributed by atoms with E-state index in [1.165, 1.54) is 0 Å². The highest BCUT2D eigenvalue weighted by molar-refractivity contribution is 7.99. The van der Waals surface area contributed by atoms with Crippen molar-refractivity contribution in [1.29, 1.82) is 0 Å². The van der Waals surface area contributed by atoms with Crippen LogP contribution >= 0.6 is 11.8 Å². The Labute approximate surface area is 103 Å². The van der Waals surface area contributed by atoms with E-state index in [0.29, 0.717) is 0 Å². The third-order valence-corrected chi connectivity index (χ3v) is 4.29. The Bertz CT molecular complexity index is 397. The van der Waals surface area contributed by atoms with Gasteiger partial charge >= 0.3 is 6.18 Å². The molecule has 17 heavy (non-hydrogen) atoms. The van der Waals surface area contributed by atoms with Crippen LogP contribution in [0, 0.1) is 0 Å². The first-order chi connectivity index (χ1) is 7.78. The van der Waals surface area contributed by atoms with Crippen LogP contribution in [0.25, 0.3) is 0 Å². The Hall–Kier alpha value is -0.680. The maximum atomic E-state index is 12.4. The van der Waals surface area contributed by atoms with Crippen LogP contribution in [0.1, 0.15) is 30.3 Å². The van der Waals surface area contributed by atoms with Crippen LogP contribution in [0.4, 0.5) is 13.2 Å². The zero-order chi connectivity index (χ0) is 12.7. The normalized spacial score (nSPS) is 23.9. The van der Waals surface area contributed by atoms with Crippen molar-refractivity contribution in [2.75, 3.05) is 5.75 Å². The number of hydrogen-bond acceptors (Lipinski definition) is 2. The van der Waals surface area contributed by atoms with Crippen molar-refractivity contribution in [3.05, 3.63) is 35.4 Å². The molecule has 1 nitrogen and oxygen atoms in total. The minimum atomic E-state index is -4.26. The van der Waals surface area contributed by atoms with Gasteiger partial charge in [-0.1, -0.05) is 12.1 Å². The molecule has 0 aromatic heterocycles. The van der Waals surface area contributed by atoms with Crippen LogP contribution in [0.2, 0.25) is 0 Å². The molecular weight excluding hydrogens is 247 g/mol. The molecule has 1 atom stereocenters. The molecule has 0 aliphatic carbocycles. The highest BCUT2D eigenvalue weighted by Crippen LogP contribution is 2.38. The largest absolute Gasteiger partial charge is 0.416 e. The summed E-state index contributed by atoms with van der Waals surface area (Å²) >= 11 is 1.72. The van der Waals surface area contributed by atoms with Gasteiger partial charge in [-0.25, -0.2) is 0 Å². The average molecular weight is 261 g/mol. The molecule has 1 aromatic rings. The molecule has 0 amide bonds. The number of benzene rings is 1. The molecule has 1 unspecified atom stereocenters. The third kappa shape index (κ3) is 2.96. The zero-order valence-electron chi connectivity index (χ0n) is 9.64. The Morgan fingerprint density at radius 1 is 1.24 bits per heavy atom. The van der Waals surface area contributed by atoms with Crippen LogP contribution in [0.3, 0.4) is 0 Å². The van der Waals surface area contributed by atoms with E-state index in [4.69, 9.17) is 0 Å². The molecule has 0 bridgehead atoms. The molecule has 1 saturated heterocycles. The molecule has 0 radical (unpaired) electrons. The molecule has 1 aliphatic heterocycles. The fourth-order valence-corrected chi connectivity index (χ4v) is 3.17. The van der Waals surface area contributed by atoms with E-state index in [0.717, 1.165) is 23.4 Å². The highest BCUT2D eigenvalue weighted by Gasteiger charge is 2.33. The lowest BCUT2D eigenvalue weighted by atomic mass is 10.1. The Balaban J connectivity index is 2.14. The quantitative estimate of drug-likeness (QED) is 0.824. The fraction of sp³-hybridized carbons (Fsp3) is 0.500. The van der Waals surface area contributed by atoms with Crippen molar-refractivity contribution in [1.82, 2.24) is 5.32 Å². The molecular formula is C12H14F3NS. The SMILES string of the molecule is CC1(C)CSC(c2ccc(C(F)(F)F)cc2)N1. The fourth-order valence-electron chi connectivity index (χ4n) is 1.76. The number of rotatable bonds is 1. The van der Waals surface area contributed by atoms with Crippen molar-refractivity contribution in [3.8, 4) is 0 Å². The van der Waals surface area contributed by atoms with Gasteiger partial charge in [-0.15, -0.1) is 11.8 Å². The Morgan fingerprint density at radius 2 is 1.82 bits per heavy atom. The topological polar surface area (TPSA) is 12.0 Å². The van der Waals surface area contributed by atoms with Crippen LogP contribution in [0.5, 0.6) is 0 Å². The molecule has 2 rings (SSSR count). The first-order valence-electron chi connectivity index (χ1n) is 5.34. The van der Waals surface area contributed by atoms with Gasteiger partial charge in [-0.2, -0.15) is 13.2 Å². The summed E-state index contributed by atoms with van der Waals surface area (Å²) in [6, 6.07) is 5.38. The summed E-state index contributed by atoms with van der Waals surface area (Å²) in [4.78, 5) is 0. The van der Waals surface area contributed by atoms with Gasteiger partial charge in [0, 0.05) is 11.3 Å². The maximum Gasteiger partial charge on any atom is 0.416 e. The highest BCUT2D eigenvalue weighted by atomic mass is 32.2. The van der Waals surface area contributed by atoms with E-state index in [-0.39, 0.29) is 10.9 Å². The first-order valence-corrected chi connectivity index (χ1v) is 6.39. The molecule has 1 aromatic carbocycles. The van der Waals surface area contributed by atoms with E-state index in [1.807, 2.05) is 0 Å². The smallest absolute Gasteiger partial charge is 0.296 e. The van der Waals surface area contributed by atoms with E-state index < -0.39 is 11.7 Å². The van der Waals surface area contributed by atoms with E-state index in [2.05, 4.69) is 19.2 Å². The number of thioether (sulfide) groups is 1. The van der Waals surface area contributed by atoms with Gasteiger partial charge in [0.2, 0.25) is 0 Å². The standard InChI is InChI=1S/C12H14F3NS/c1-11(2)7-17-10(16-11)8-3-5-9(6-4-8)12(13,14)15/h3-6,10,16H,7H2,1-2H3. The Morgan fingerprint density at radius 3 is 2.24 bits per heavy atom. The summed E-state index contributed by atoms with van der Waals surface area (Å²) in [6.07, 6.45) is -4.26. The Kier molecular flexibility index (Phi) is 3.16. The number of hydrogen-bond donors (Lipinski definition) is 1. The summed E-state index contributed by atoms with van der Waals surface area (Å²) in [5.41, 5.74) is 0.343. The van der Waals surface area contributed by atoms with Gasteiger partial charge < -0.3 is 0 Å². The summed E-state index contributed by atoms with van der Waals surface area (Å²) in [5, 5.41) is 3.48. The minimum absolute atomic E-state index is 0.0397. The first kappa shape index (κ1) is 12.8. The lowest BCUT2D eigenvalue weighted by molar-refractivity contribution is -0.137. The van der Waals surface area contributed by atoms with Crippen LogP contribution in [-0.2, 0) is 6.18 Å². The average Bonchev–Trinajstić information content (AvgIpc) is 2.58. The predicted octanol–water partition coefficient (Wildman–Crippen LogP) is 3.82. The second-order valence-corrected chi connectivity index (χ2v) is 5.93. The van der Waals surface area contributed by atoms with Crippen LogP contribution in [0.15, 0.2) is 24.3 Å². The summed E-state index contributed by atoms with van der Waals surface area (Å²) in [7, 11) is 0. The lowest BCUT2D eigenvalue weighted by Gasteiger charge is -2.19. The number of halogens is 3. The lowest BCUT2D eigenvalue weighted by Crippen LogP contribution is -2.35. The molecule has 0 saturated carbocycles. The molecule has 5 heteroatoms. The zero-order valence-corrected chi connectivity index (χ0v) is 10.5. The number of nitrogens with one attached hydrogen (secondary N) is 1.